The zero-order chi connectivity index (χ0) is 15.0. The first-order valence-electron chi connectivity index (χ1n) is 5.36. The molecule has 0 saturated carbocycles. The fourth-order valence-electron chi connectivity index (χ4n) is 1.29. The van der Waals surface area contributed by atoms with Crippen LogP contribution in [-0.2, 0) is 0 Å². The molecule has 0 aliphatic heterocycles. The molecular formula is C12H13N4NaO2S2. The average molecular weight is 332 g/mol. The van der Waals surface area contributed by atoms with Crippen molar-refractivity contribution in [3.05, 3.63) is 48.8 Å². The van der Waals surface area contributed by atoms with Crippen LogP contribution in [0, 0.1) is 0 Å². The topological polar surface area (TPSA) is 95.5 Å². The second kappa shape index (κ2) is 10.4. The van der Waals surface area contributed by atoms with Gasteiger partial charge in [0.15, 0.2) is 0 Å². The molecule has 6 nitrogen and oxygen atoms in total. The molecule has 0 unspecified atom stereocenters. The number of hydrogen-bond donors (Lipinski definition) is 3. The number of thiocarbonyl (C=S) groups is 2. The molecule has 0 fully saturated rings. The van der Waals surface area contributed by atoms with Gasteiger partial charge in [0.1, 0.15) is 11.6 Å². The van der Waals surface area contributed by atoms with Crippen molar-refractivity contribution in [1.29, 1.82) is 0 Å². The third kappa shape index (κ3) is 7.30. The van der Waals surface area contributed by atoms with Crippen molar-refractivity contribution < 1.29 is 10.2 Å². The van der Waals surface area contributed by atoms with E-state index >= 15 is 0 Å². The van der Waals surface area contributed by atoms with E-state index in [-0.39, 0.29) is 34.7 Å². The second-order valence-corrected chi connectivity index (χ2v) is 4.12. The number of aromatic nitrogens is 2. The van der Waals surface area contributed by atoms with Gasteiger partial charge in [-0.05, 0) is 48.7 Å². The van der Waals surface area contributed by atoms with Crippen molar-refractivity contribution in [3.63, 3.8) is 0 Å². The number of nitrogens with zero attached hydrogens (tertiary/aromatic N) is 3. The SMILES string of the molecule is NC(O)=S.OC(=S)N(c1ccccn1)c1ccccn1.[NaH]. The number of hydrogen-bond acceptors (Lipinski definition) is 4. The molecule has 9 heteroatoms. The summed E-state index contributed by atoms with van der Waals surface area (Å²) in [7, 11) is 0. The molecular weight excluding hydrogens is 319 g/mol. The van der Waals surface area contributed by atoms with E-state index in [9.17, 15) is 5.11 Å². The maximum atomic E-state index is 9.50. The van der Waals surface area contributed by atoms with E-state index in [1.165, 1.54) is 4.90 Å². The molecule has 21 heavy (non-hydrogen) atoms. The molecule has 0 aliphatic carbocycles. The molecule has 0 spiro atoms. The van der Waals surface area contributed by atoms with Gasteiger partial charge in [-0.3, -0.25) is 0 Å². The molecule has 2 aromatic rings. The van der Waals surface area contributed by atoms with Crippen LogP contribution in [0.25, 0.3) is 0 Å². The molecule has 2 rings (SSSR count). The fraction of sp³-hybridized carbons (Fsp3) is 0. The third-order valence-corrected chi connectivity index (χ3v) is 2.13. The summed E-state index contributed by atoms with van der Waals surface area (Å²) in [6.07, 6.45) is 3.26. The van der Waals surface area contributed by atoms with Crippen molar-refractivity contribution in [1.82, 2.24) is 9.97 Å². The van der Waals surface area contributed by atoms with Crippen LogP contribution in [-0.4, -0.2) is 60.1 Å². The molecule has 2 heterocycles. The van der Waals surface area contributed by atoms with Crippen LogP contribution in [0.3, 0.4) is 0 Å². The summed E-state index contributed by atoms with van der Waals surface area (Å²) in [5, 5.41) is 16.3. The molecule has 0 atom stereocenters. The van der Waals surface area contributed by atoms with Crippen LogP contribution in [0.1, 0.15) is 0 Å². The van der Waals surface area contributed by atoms with Gasteiger partial charge < -0.3 is 15.9 Å². The Kier molecular flexibility index (Phi) is 9.76. The number of rotatable bonds is 2. The van der Waals surface area contributed by atoms with Crippen LogP contribution in [0.4, 0.5) is 11.6 Å². The summed E-state index contributed by atoms with van der Waals surface area (Å²) >= 11 is 8.65. The van der Waals surface area contributed by atoms with Crippen LogP contribution < -0.4 is 10.6 Å². The van der Waals surface area contributed by atoms with Gasteiger partial charge in [-0.25, -0.2) is 14.9 Å². The number of aliphatic hydroxyl groups excluding tert-OH is 2. The Hall–Kier alpha value is -1.32. The zero-order valence-corrected chi connectivity index (χ0v) is 11.9. The Labute approximate surface area is 154 Å². The monoisotopic (exact) mass is 332 g/mol. The number of pyridine rings is 2. The average Bonchev–Trinajstić information content (AvgIpc) is 2.40. The first-order chi connectivity index (χ1) is 9.52. The van der Waals surface area contributed by atoms with Crippen LogP contribution in [0.5, 0.6) is 0 Å². The van der Waals surface area contributed by atoms with E-state index in [0.29, 0.717) is 11.6 Å². The Morgan fingerprint density at radius 3 is 1.57 bits per heavy atom. The van der Waals surface area contributed by atoms with Gasteiger partial charge in [0, 0.05) is 12.4 Å². The maximum absolute atomic E-state index is 9.50. The molecule has 4 N–H and O–H groups in total. The Balaban J connectivity index is 0.000000715. The van der Waals surface area contributed by atoms with Gasteiger partial charge in [0.2, 0.25) is 0 Å². The van der Waals surface area contributed by atoms with E-state index < -0.39 is 5.17 Å². The van der Waals surface area contributed by atoms with Crippen molar-refractivity contribution in [3.8, 4) is 0 Å². The molecule has 0 bridgehead atoms. The Morgan fingerprint density at radius 2 is 1.33 bits per heavy atom. The van der Waals surface area contributed by atoms with Crippen molar-refractivity contribution in [2.24, 2.45) is 5.73 Å². The summed E-state index contributed by atoms with van der Waals surface area (Å²) in [5.41, 5.74) is 4.40. The van der Waals surface area contributed by atoms with Crippen molar-refractivity contribution in [2.45, 2.75) is 0 Å². The van der Waals surface area contributed by atoms with Crippen LogP contribution >= 0.6 is 24.4 Å². The summed E-state index contributed by atoms with van der Waals surface area (Å²) < 4.78 is 0. The first kappa shape index (κ1) is 19.7. The predicted molar refractivity (Wildman–Crippen MR) is 92.4 cm³/mol. The van der Waals surface area contributed by atoms with Crippen molar-refractivity contribution in [2.75, 3.05) is 4.90 Å². The van der Waals surface area contributed by atoms with Gasteiger partial charge in [0.05, 0.1) is 0 Å². The minimum atomic E-state index is -0.500. The standard InChI is InChI=1S/C11H9N3OS.CH3NOS.Na.H/c15-11(16)14(9-5-1-3-7-12-9)10-6-2-4-8-13-10;2-1(3)4;;/h1-8H,(H,15,16);(H3,2,3,4);;. The number of nitrogens with two attached hydrogens (primary N) is 1. The summed E-state index contributed by atoms with van der Waals surface area (Å²) in [5.74, 6) is 1.07. The number of anilines is 2. The van der Waals surface area contributed by atoms with Gasteiger partial charge in [-0.2, -0.15) is 0 Å². The quantitative estimate of drug-likeness (QED) is 0.564. The molecule has 0 aromatic carbocycles. The minimum absolute atomic E-state index is 0. The first-order valence-corrected chi connectivity index (χ1v) is 6.17. The van der Waals surface area contributed by atoms with E-state index in [1.807, 2.05) is 12.1 Å². The third-order valence-electron chi connectivity index (χ3n) is 1.95. The Bertz CT molecular complexity index is 528. The summed E-state index contributed by atoms with van der Waals surface area (Å²) in [6, 6.07) is 10.7. The second-order valence-electron chi connectivity index (χ2n) is 3.33. The molecule has 0 amide bonds. The van der Waals surface area contributed by atoms with E-state index in [2.05, 4.69) is 27.9 Å². The summed E-state index contributed by atoms with van der Waals surface area (Å²) in [4.78, 5) is 9.63. The van der Waals surface area contributed by atoms with Crippen LogP contribution in [0.15, 0.2) is 48.8 Å². The summed E-state index contributed by atoms with van der Waals surface area (Å²) in [6.45, 7) is 0. The fourth-order valence-corrected chi connectivity index (χ4v) is 1.47. The van der Waals surface area contributed by atoms with E-state index in [1.54, 1.807) is 36.7 Å². The van der Waals surface area contributed by atoms with E-state index in [0.717, 1.165) is 0 Å². The molecule has 0 aliphatic rings. The zero-order valence-electron chi connectivity index (χ0n) is 10.2. The van der Waals surface area contributed by atoms with Gasteiger partial charge in [-0.15, -0.1) is 0 Å². The predicted octanol–water partition coefficient (Wildman–Crippen LogP) is 1.60. The molecule has 0 radical (unpaired) electrons. The van der Waals surface area contributed by atoms with Gasteiger partial charge in [-0.1, -0.05) is 12.1 Å². The van der Waals surface area contributed by atoms with E-state index in [4.69, 9.17) is 17.3 Å². The molecule has 2 aromatic heterocycles. The van der Waals surface area contributed by atoms with Crippen molar-refractivity contribution >= 4 is 76.0 Å². The van der Waals surface area contributed by atoms with Crippen LogP contribution in [0.2, 0.25) is 0 Å². The number of aliphatic hydroxyl groups is 2. The molecule has 106 valence electrons. The van der Waals surface area contributed by atoms with Gasteiger partial charge in [0.25, 0.3) is 10.3 Å². The normalized spacial score (nSPS) is 8.57. The molecule has 0 saturated heterocycles. The Morgan fingerprint density at radius 1 is 0.952 bits per heavy atom. The van der Waals surface area contributed by atoms with Gasteiger partial charge >= 0.3 is 29.6 Å².